The fourth-order valence-corrected chi connectivity index (χ4v) is 2.78. The molecule has 0 rings (SSSR count). The number of nitrogens with zero attached hydrogens (tertiary/aromatic N) is 1. The molecule has 0 fully saturated rings. The van der Waals surface area contributed by atoms with Crippen molar-refractivity contribution >= 4 is 0 Å². The number of quaternary nitrogens is 1. The van der Waals surface area contributed by atoms with Crippen LogP contribution < -0.4 is 0 Å². The van der Waals surface area contributed by atoms with Gasteiger partial charge in [0.1, 0.15) is 0 Å². The van der Waals surface area contributed by atoms with Gasteiger partial charge in [0, 0.05) is 7.11 Å². The van der Waals surface area contributed by atoms with E-state index < -0.39 is 0 Å². The molecule has 0 aromatic heterocycles. The van der Waals surface area contributed by atoms with Crippen LogP contribution in [0.3, 0.4) is 0 Å². The lowest BCUT2D eigenvalue weighted by molar-refractivity contribution is -0.870. The zero-order valence-electron chi connectivity index (χ0n) is 16.5. The summed E-state index contributed by atoms with van der Waals surface area (Å²) in [7, 11) is 7.88. The second-order valence-corrected chi connectivity index (χ2v) is 7.61. The summed E-state index contributed by atoms with van der Waals surface area (Å²) in [5.41, 5.74) is 0. The molecule has 0 aliphatic rings. The van der Waals surface area contributed by atoms with Crippen LogP contribution in [0.25, 0.3) is 0 Å². The van der Waals surface area contributed by atoms with Crippen LogP contribution in [0.2, 0.25) is 0 Å². The molecule has 1 N–H and O–H groups in total. The summed E-state index contributed by atoms with van der Waals surface area (Å²) in [6.07, 6.45) is 20.4. The minimum Gasteiger partial charge on any atom is -0.400 e. The molecule has 0 saturated carbocycles. The van der Waals surface area contributed by atoms with E-state index in [0.29, 0.717) is 0 Å². The molecular weight excluding hydrogens is 270 g/mol. The minimum absolute atomic E-state index is 1.00. The number of aliphatic hydroxyl groups is 1. The van der Waals surface area contributed by atoms with Gasteiger partial charge in [-0.05, 0) is 12.8 Å². The Kier molecular flexibility index (Phi) is 20.8. The van der Waals surface area contributed by atoms with Crippen molar-refractivity contribution in [1.29, 1.82) is 0 Å². The van der Waals surface area contributed by atoms with Crippen molar-refractivity contribution in [3.05, 3.63) is 0 Å². The highest BCUT2D eigenvalue weighted by atomic mass is 16.2. The van der Waals surface area contributed by atoms with Gasteiger partial charge in [-0.1, -0.05) is 84.0 Å². The van der Waals surface area contributed by atoms with Gasteiger partial charge in [0.05, 0.1) is 27.7 Å². The van der Waals surface area contributed by atoms with Gasteiger partial charge in [0.2, 0.25) is 0 Å². The van der Waals surface area contributed by atoms with Crippen molar-refractivity contribution in [2.24, 2.45) is 0 Å². The highest BCUT2D eigenvalue weighted by Crippen LogP contribution is 2.13. The number of hydrogen-bond acceptors (Lipinski definition) is 1. The summed E-state index contributed by atoms with van der Waals surface area (Å²) >= 11 is 0. The van der Waals surface area contributed by atoms with Gasteiger partial charge in [0.25, 0.3) is 0 Å². The number of unbranched alkanes of at least 4 members (excludes halogenated alkanes) is 13. The van der Waals surface area contributed by atoms with Gasteiger partial charge in [0.15, 0.2) is 0 Å². The number of rotatable bonds is 15. The Labute approximate surface area is 141 Å². The van der Waals surface area contributed by atoms with Crippen LogP contribution >= 0.6 is 0 Å². The monoisotopic (exact) mass is 316 g/mol. The lowest BCUT2D eigenvalue weighted by Gasteiger charge is -2.23. The van der Waals surface area contributed by atoms with Crippen molar-refractivity contribution in [3.8, 4) is 0 Å². The minimum atomic E-state index is 1.00. The van der Waals surface area contributed by atoms with Gasteiger partial charge in [-0.3, -0.25) is 0 Å². The fraction of sp³-hybridized carbons (Fsp3) is 1.00. The van der Waals surface area contributed by atoms with E-state index in [9.17, 15) is 0 Å². The van der Waals surface area contributed by atoms with E-state index in [2.05, 4.69) is 28.1 Å². The molecule has 0 aliphatic heterocycles. The predicted molar refractivity (Wildman–Crippen MR) is 101 cm³/mol. The average Bonchev–Trinajstić information content (AvgIpc) is 2.48. The summed E-state index contributed by atoms with van der Waals surface area (Å²) in [6.45, 7) is 3.63. The standard InChI is InChI=1S/C19H42N.CH4O/c1-5-6-7-8-9-10-11-12-13-14-15-16-17-18-19-20(2,3)4;1-2/h5-19H2,1-4H3;2H,1H3/q+1;. The van der Waals surface area contributed by atoms with Crippen molar-refractivity contribution in [1.82, 2.24) is 0 Å². The molecule has 0 spiro atoms. The first-order valence-corrected chi connectivity index (χ1v) is 9.81. The topological polar surface area (TPSA) is 20.2 Å². The molecule has 0 aliphatic carbocycles. The Morgan fingerprint density at radius 1 is 0.500 bits per heavy atom. The predicted octanol–water partition coefficient (Wildman–Crippen LogP) is 5.78. The lowest BCUT2D eigenvalue weighted by Crippen LogP contribution is -2.35. The van der Waals surface area contributed by atoms with E-state index in [0.717, 1.165) is 11.6 Å². The maximum atomic E-state index is 7.00. The second-order valence-electron chi connectivity index (χ2n) is 7.61. The third-order valence-corrected chi connectivity index (χ3v) is 4.18. The van der Waals surface area contributed by atoms with Gasteiger partial charge in [-0.25, -0.2) is 0 Å². The van der Waals surface area contributed by atoms with E-state index in [1.807, 2.05) is 0 Å². The zero-order chi connectivity index (χ0) is 17.1. The summed E-state index contributed by atoms with van der Waals surface area (Å²) in [4.78, 5) is 0. The molecular formula is C20H46NO+. The van der Waals surface area contributed by atoms with Gasteiger partial charge in [-0.2, -0.15) is 0 Å². The Hall–Kier alpha value is -0.0800. The Morgan fingerprint density at radius 3 is 1.05 bits per heavy atom. The van der Waals surface area contributed by atoms with E-state index in [1.165, 1.54) is 96.4 Å². The van der Waals surface area contributed by atoms with Gasteiger partial charge >= 0.3 is 0 Å². The van der Waals surface area contributed by atoms with Crippen LogP contribution in [-0.4, -0.2) is 44.4 Å². The molecule has 2 heteroatoms. The van der Waals surface area contributed by atoms with Gasteiger partial charge in [-0.15, -0.1) is 0 Å². The van der Waals surface area contributed by atoms with Crippen LogP contribution in [0.1, 0.15) is 96.8 Å². The van der Waals surface area contributed by atoms with Gasteiger partial charge < -0.3 is 9.59 Å². The summed E-state index contributed by atoms with van der Waals surface area (Å²) in [5.74, 6) is 0. The molecule has 22 heavy (non-hydrogen) atoms. The summed E-state index contributed by atoms with van der Waals surface area (Å²) < 4.78 is 1.12. The van der Waals surface area contributed by atoms with Crippen molar-refractivity contribution in [3.63, 3.8) is 0 Å². The third-order valence-electron chi connectivity index (χ3n) is 4.18. The molecule has 0 unspecified atom stereocenters. The van der Waals surface area contributed by atoms with E-state index >= 15 is 0 Å². The van der Waals surface area contributed by atoms with Crippen LogP contribution in [0, 0.1) is 0 Å². The smallest absolute Gasteiger partial charge is 0.0780 e. The highest BCUT2D eigenvalue weighted by molar-refractivity contribution is 4.49. The van der Waals surface area contributed by atoms with E-state index in [1.54, 1.807) is 0 Å². The summed E-state index contributed by atoms with van der Waals surface area (Å²) in [5, 5.41) is 7.00. The average molecular weight is 317 g/mol. The molecule has 0 aromatic rings. The van der Waals surface area contributed by atoms with Crippen LogP contribution in [0.15, 0.2) is 0 Å². The normalized spacial score (nSPS) is 11.2. The molecule has 136 valence electrons. The second kappa shape index (κ2) is 19.0. The summed E-state index contributed by atoms with van der Waals surface area (Å²) in [6, 6.07) is 0. The first-order chi connectivity index (χ1) is 10.6. The molecule has 0 heterocycles. The lowest BCUT2D eigenvalue weighted by atomic mass is 10.0. The van der Waals surface area contributed by atoms with Crippen LogP contribution in [0.4, 0.5) is 0 Å². The molecule has 0 saturated heterocycles. The molecule has 0 amide bonds. The Balaban J connectivity index is 0. The number of aliphatic hydroxyl groups excluding tert-OH is 1. The SMILES string of the molecule is CCCCCCCCCCCCCCCC[N+](C)(C)C.CO. The van der Waals surface area contributed by atoms with Crippen LogP contribution in [-0.2, 0) is 0 Å². The Morgan fingerprint density at radius 2 is 0.773 bits per heavy atom. The molecule has 0 atom stereocenters. The van der Waals surface area contributed by atoms with E-state index in [4.69, 9.17) is 5.11 Å². The van der Waals surface area contributed by atoms with Crippen molar-refractivity contribution in [2.75, 3.05) is 34.8 Å². The molecule has 0 bridgehead atoms. The van der Waals surface area contributed by atoms with Crippen LogP contribution in [0.5, 0.6) is 0 Å². The number of hydrogen-bond donors (Lipinski definition) is 1. The largest absolute Gasteiger partial charge is 0.400 e. The zero-order valence-corrected chi connectivity index (χ0v) is 16.5. The first-order valence-electron chi connectivity index (χ1n) is 9.81. The quantitative estimate of drug-likeness (QED) is 0.300. The Bertz CT molecular complexity index is 187. The molecule has 0 radical (unpaired) electrons. The van der Waals surface area contributed by atoms with Crippen molar-refractivity contribution in [2.45, 2.75) is 96.8 Å². The maximum absolute atomic E-state index is 7.00. The van der Waals surface area contributed by atoms with Crippen molar-refractivity contribution < 1.29 is 9.59 Å². The fourth-order valence-electron chi connectivity index (χ4n) is 2.78. The molecule has 2 nitrogen and oxygen atoms in total. The highest BCUT2D eigenvalue weighted by Gasteiger charge is 2.04. The third kappa shape index (κ3) is 24.9. The van der Waals surface area contributed by atoms with E-state index in [-0.39, 0.29) is 0 Å². The molecule has 0 aromatic carbocycles. The first kappa shape index (κ1) is 24.2. The maximum Gasteiger partial charge on any atom is 0.0780 e.